The van der Waals surface area contributed by atoms with Crippen molar-refractivity contribution in [1.82, 2.24) is 20.3 Å². The molecule has 0 bridgehead atoms. The van der Waals surface area contributed by atoms with Crippen LogP contribution in [0.25, 0.3) is 27.5 Å². The van der Waals surface area contributed by atoms with Crippen LogP contribution >= 0.6 is 12.2 Å². The Kier molecular flexibility index (Phi) is 6.60. The number of hydrogen-bond acceptors (Lipinski definition) is 5. The van der Waals surface area contributed by atoms with Crippen molar-refractivity contribution >= 4 is 50.7 Å². The molecule has 0 unspecified atom stereocenters. The number of carbonyl (C=O) groups excluding carboxylic acids is 1. The lowest BCUT2D eigenvalue weighted by atomic mass is 10.1. The second kappa shape index (κ2) is 10.1. The van der Waals surface area contributed by atoms with Crippen LogP contribution in [0.1, 0.15) is 29.3 Å². The first-order valence-corrected chi connectivity index (χ1v) is 12.1. The number of ether oxygens (including phenoxy) is 1. The first-order valence-electron chi connectivity index (χ1n) is 11.7. The molecule has 0 radical (unpaired) electrons. The van der Waals surface area contributed by atoms with Crippen molar-refractivity contribution in [2.75, 3.05) is 11.9 Å². The Hall–Kier alpha value is -4.30. The zero-order chi connectivity index (χ0) is 25.1. The van der Waals surface area contributed by atoms with Gasteiger partial charge in [-0.1, -0.05) is 49.4 Å². The number of rotatable bonds is 6. The lowest BCUT2D eigenvalue weighted by molar-refractivity contribution is 0.0977. The quantitative estimate of drug-likeness (QED) is 0.290. The van der Waals surface area contributed by atoms with E-state index in [1.807, 2.05) is 56.3 Å². The van der Waals surface area contributed by atoms with Gasteiger partial charge in [-0.2, -0.15) is 0 Å². The normalized spacial score (nSPS) is 10.9. The molecule has 0 saturated heterocycles. The van der Waals surface area contributed by atoms with Crippen molar-refractivity contribution in [1.29, 1.82) is 0 Å². The Balaban J connectivity index is 1.35. The molecule has 2 N–H and O–H groups in total. The lowest BCUT2D eigenvalue weighted by Gasteiger charge is -2.12. The van der Waals surface area contributed by atoms with Gasteiger partial charge in [0.2, 0.25) is 0 Å². The topological polar surface area (TPSA) is 81.1 Å². The van der Waals surface area contributed by atoms with Crippen molar-refractivity contribution in [3.8, 4) is 11.4 Å². The molecule has 0 aliphatic heterocycles. The Morgan fingerprint density at radius 1 is 0.972 bits per heavy atom. The lowest BCUT2D eigenvalue weighted by Crippen LogP contribution is -2.34. The monoisotopic (exact) mass is 495 g/mol. The minimum absolute atomic E-state index is 0.198. The Labute approximate surface area is 214 Å². The van der Waals surface area contributed by atoms with E-state index in [1.54, 1.807) is 23.0 Å². The van der Waals surface area contributed by atoms with E-state index in [9.17, 15) is 4.79 Å². The van der Waals surface area contributed by atoms with Gasteiger partial charge in [0, 0.05) is 16.6 Å². The fraction of sp³-hybridized carbons (Fsp3) is 0.143. The SMILES string of the molecule is CCCOc1cccc(C(=O)NC(=S)Nc2cc3nn(-c4cccc5ccccc45)nc3cc2C)c1. The third-order valence-corrected chi connectivity index (χ3v) is 5.96. The summed E-state index contributed by atoms with van der Waals surface area (Å²) in [4.78, 5) is 14.4. The van der Waals surface area contributed by atoms with Crippen molar-refractivity contribution in [2.45, 2.75) is 20.3 Å². The largest absolute Gasteiger partial charge is 0.494 e. The van der Waals surface area contributed by atoms with Gasteiger partial charge >= 0.3 is 0 Å². The minimum Gasteiger partial charge on any atom is -0.494 e. The Morgan fingerprint density at radius 3 is 2.56 bits per heavy atom. The molecule has 0 spiro atoms. The number of amides is 1. The second-order valence-electron chi connectivity index (χ2n) is 8.43. The van der Waals surface area contributed by atoms with E-state index in [4.69, 9.17) is 27.2 Å². The molecule has 0 aliphatic carbocycles. The fourth-order valence-corrected chi connectivity index (χ4v) is 4.17. The first-order chi connectivity index (χ1) is 17.5. The second-order valence-corrected chi connectivity index (χ2v) is 8.84. The van der Waals surface area contributed by atoms with E-state index in [0.29, 0.717) is 23.4 Å². The molecule has 36 heavy (non-hydrogen) atoms. The highest BCUT2D eigenvalue weighted by Gasteiger charge is 2.13. The van der Waals surface area contributed by atoms with Crippen LogP contribution in [-0.2, 0) is 0 Å². The molecule has 0 saturated carbocycles. The van der Waals surface area contributed by atoms with Gasteiger partial charge in [-0.25, -0.2) is 0 Å². The van der Waals surface area contributed by atoms with E-state index in [0.717, 1.165) is 39.6 Å². The number of nitrogens with one attached hydrogen (secondary N) is 2. The fourth-order valence-electron chi connectivity index (χ4n) is 3.97. The molecule has 8 heteroatoms. The zero-order valence-corrected chi connectivity index (χ0v) is 20.8. The number of anilines is 1. The molecule has 0 aliphatic rings. The molecule has 1 amide bonds. The van der Waals surface area contributed by atoms with Crippen molar-refractivity contribution in [3.05, 3.63) is 90.0 Å². The van der Waals surface area contributed by atoms with Crippen LogP contribution in [0.2, 0.25) is 0 Å². The first kappa shape index (κ1) is 23.4. The van der Waals surface area contributed by atoms with Gasteiger partial charge in [-0.15, -0.1) is 15.0 Å². The van der Waals surface area contributed by atoms with Crippen LogP contribution in [0.5, 0.6) is 5.75 Å². The molecule has 0 fully saturated rings. The molecule has 5 rings (SSSR count). The van der Waals surface area contributed by atoms with Gasteiger partial charge in [-0.05, 0) is 72.9 Å². The van der Waals surface area contributed by atoms with Crippen molar-refractivity contribution in [3.63, 3.8) is 0 Å². The number of thiocarbonyl (C=S) groups is 1. The summed E-state index contributed by atoms with van der Waals surface area (Å²) in [6, 6.07) is 25.1. The van der Waals surface area contributed by atoms with Gasteiger partial charge < -0.3 is 10.1 Å². The average molecular weight is 496 g/mol. The van der Waals surface area contributed by atoms with Crippen LogP contribution in [-0.4, -0.2) is 32.6 Å². The number of benzene rings is 4. The number of fused-ring (bicyclic) bond motifs is 2. The molecule has 1 heterocycles. The maximum absolute atomic E-state index is 12.7. The van der Waals surface area contributed by atoms with Crippen molar-refractivity contribution in [2.24, 2.45) is 0 Å². The van der Waals surface area contributed by atoms with E-state index in [2.05, 4.69) is 28.8 Å². The number of aromatic nitrogens is 3. The Morgan fingerprint density at radius 2 is 1.72 bits per heavy atom. The third-order valence-electron chi connectivity index (χ3n) is 5.75. The molecule has 4 aromatic carbocycles. The van der Waals surface area contributed by atoms with E-state index >= 15 is 0 Å². The van der Waals surface area contributed by atoms with Gasteiger partial charge in [-0.3, -0.25) is 10.1 Å². The molecule has 5 aromatic rings. The highest BCUT2D eigenvalue weighted by Crippen LogP contribution is 2.25. The number of aryl methyl sites for hydroxylation is 1. The van der Waals surface area contributed by atoms with Gasteiger partial charge in [0.05, 0.1) is 12.3 Å². The Bertz CT molecular complexity index is 1590. The van der Waals surface area contributed by atoms with E-state index < -0.39 is 0 Å². The zero-order valence-electron chi connectivity index (χ0n) is 20.0. The highest BCUT2D eigenvalue weighted by atomic mass is 32.1. The van der Waals surface area contributed by atoms with Gasteiger partial charge in [0.15, 0.2) is 5.11 Å². The van der Waals surface area contributed by atoms with E-state index in [-0.39, 0.29) is 11.0 Å². The van der Waals surface area contributed by atoms with Crippen LogP contribution in [0, 0.1) is 6.92 Å². The van der Waals surface area contributed by atoms with Crippen molar-refractivity contribution < 1.29 is 9.53 Å². The summed E-state index contributed by atoms with van der Waals surface area (Å²) in [5.41, 5.74) is 4.54. The van der Waals surface area contributed by atoms with E-state index in [1.165, 1.54) is 0 Å². The summed E-state index contributed by atoms with van der Waals surface area (Å²) >= 11 is 5.42. The summed E-state index contributed by atoms with van der Waals surface area (Å²) in [6.45, 7) is 4.58. The molecule has 7 nitrogen and oxygen atoms in total. The number of nitrogens with zero attached hydrogens (tertiary/aromatic N) is 3. The highest BCUT2D eigenvalue weighted by molar-refractivity contribution is 7.80. The molecule has 0 atom stereocenters. The molecular formula is C28H25N5O2S. The number of carbonyl (C=O) groups is 1. The summed E-state index contributed by atoms with van der Waals surface area (Å²) < 4.78 is 5.62. The van der Waals surface area contributed by atoms with Gasteiger partial charge in [0.25, 0.3) is 5.91 Å². The number of hydrogen-bond donors (Lipinski definition) is 2. The summed E-state index contributed by atoms with van der Waals surface area (Å²) in [5, 5.41) is 17.7. The summed E-state index contributed by atoms with van der Waals surface area (Å²) in [6.07, 6.45) is 0.893. The third kappa shape index (κ3) is 4.89. The standard InChI is InChI=1S/C28H25N5O2S/c1-3-14-35-21-11-6-10-20(16-21)27(34)30-28(36)29-23-17-25-24(15-18(23)2)31-33(32-25)26-13-7-9-19-8-4-5-12-22(19)26/h4-13,15-17H,3,14H2,1-2H3,(H2,29,30,34,36). The van der Waals surface area contributed by atoms with Crippen LogP contribution in [0.15, 0.2) is 78.9 Å². The van der Waals surface area contributed by atoms with Crippen LogP contribution in [0.3, 0.4) is 0 Å². The minimum atomic E-state index is -0.310. The smallest absolute Gasteiger partial charge is 0.257 e. The molecular weight excluding hydrogens is 470 g/mol. The average Bonchev–Trinajstić information content (AvgIpc) is 3.29. The molecule has 1 aromatic heterocycles. The van der Waals surface area contributed by atoms with Crippen LogP contribution in [0.4, 0.5) is 5.69 Å². The summed E-state index contributed by atoms with van der Waals surface area (Å²) in [5.74, 6) is 0.342. The predicted molar refractivity (Wildman–Crippen MR) is 147 cm³/mol. The maximum Gasteiger partial charge on any atom is 0.257 e. The summed E-state index contributed by atoms with van der Waals surface area (Å²) in [7, 11) is 0. The van der Waals surface area contributed by atoms with Gasteiger partial charge in [0.1, 0.15) is 16.8 Å². The van der Waals surface area contributed by atoms with Crippen LogP contribution < -0.4 is 15.4 Å². The maximum atomic E-state index is 12.7. The predicted octanol–water partition coefficient (Wildman–Crippen LogP) is 5.80. The molecule has 180 valence electrons.